The number of anilines is 1. The average molecular weight is 231 g/mol. The molecule has 1 aromatic heterocycles. The first kappa shape index (κ1) is 11.1. The van der Waals surface area contributed by atoms with E-state index in [4.69, 9.17) is 0 Å². The summed E-state index contributed by atoms with van der Waals surface area (Å²) in [5, 5.41) is 8.89. The van der Waals surface area contributed by atoms with Gasteiger partial charge >= 0.3 is 0 Å². The average Bonchev–Trinajstić information content (AvgIpc) is 2.81. The maximum atomic E-state index is 12.6. The van der Waals surface area contributed by atoms with Crippen molar-refractivity contribution in [3.63, 3.8) is 0 Å². The van der Waals surface area contributed by atoms with Crippen LogP contribution in [0.4, 0.5) is 10.1 Å². The van der Waals surface area contributed by atoms with E-state index >= 15 is 0 Å². The minimum absolute atomic E-state index is 0.268. The SMILES string of the molecule is O=C(/C=C/c1ccc(F)cc1)Nc1cn[nH]c1. The molecule has 1 heterocycles. The molecular weight excluding hydrogens is 221 g/mol. The summed E-state index contributed by atoms with van der Waals surface area (Å²) in [6.07, 6.45) is 6.06. The smallest absolute Gasteiger partial charge is 0.248 e. The highest BCUT2D eigenvalue weighted by Crippen LogP contribution is 2.05. The Labute approximate surface area is 97.2 Å². The molecule has 0 aliphatic carbocycles. The molecule has 0 bridgehead atoms. The van der Waals surface area contributed by atoms with Gasteiger partial charge in [-0.15, -0.1) is 0 Å². The van der Waals surface area contributed by atoms with E-state index in [-0.39, 0.29) is 11.7 Å². The van der Waals surface area contributed by atoms with Crippen LogP contribution in [0.1, 0.15) is 5.56 Å². The van der Waals surface area contributed by atoms with Crippen molar-refractivity contribution in [2.45, 2.75) is 0 Å². The Morgan fingerprint density at radius 3 is 2.76 bits per heavy atom. The van der Waals surface area contributed by atoms with Gasteiger partial charge in [-0.1, -0.05) is 12.1 Å². The molecule has 0 saturated carbocycles. The monoisotopic (exact) mass is 231 g/mol. The lowest BCUT2D eigenvalue weighted by Crippen LogP contribution is -2.06. The number of hydrogen-bond donors (Lipinski definition) is 2. The highest BCUT2D eigenvalue weighted by molar-refractivity contribution is 6.01. The Kier molecular flexibility index (Phi) is 3.30. The number of rotatable bonds is 3. The van der Waals surface area contributed by atoms with Gasteiger partial charge in [-0.3, -0.25) is 9.89 Å². The Morgan fingerprint density at radius 2 is 2.12 bits per heavy atom. The molecule has 1 amide bonds. The second-order valence-electron chi connectivity index (χ2n) is 3.36. The molecular formula is C12H10FN3O. The number of amides is 1. The van der Waals surface area contributed by atoms with Crippen molar-refractivity contribution < 1.29 is 9.18 Å². The first-order valence-corrected chi connectivity index (χ1v) is 4.97. The molecule has 2 aromatic rings. The number of carbonyl (C=O) groups excluding carboxylic acids is 1. The van der Waals surface area contributed by atoms with E-state index in [1.54, 1.807) is 24.4 Å². The van der Waals surface area contributed by atoms with Crippen molar-refractivity contribution in [3.05, 3.63) is 54.1 Å². The number of benzene rings is 1. The maximum Gasteiger partial charge on any atom is 0.248 e. The van der Waals surface area contributed by atoms with Gasteiger partial charge in [0.15, 0.2) is 0 Å². The molecule has 17 heavy (non-hydrogen) atoms. The normalized spacial score (nSPS) is 10.6. The molecule has 0 atom stereocenters. The van der Waals surface area contributed by atoms with E-state index < -0.39 is 0 Å². The Hall–Kier alpha value is -2.43. The van der Waals surface area contributed by atoms with E-state index in [1.807, 2.05) is 0 Å². The fourth-order valence-corrected chi connectivity index (χ4v) is 1.25. The number of halogens is 1. The fourth-order valence-electron chi connectivity index (χ4n) is 1.25. The minimum atomic E-state index is -0.301. The van der Waals surface area contributed by atoms with Crippen molar-refractivity contribution in [1.29, 1.82) is 0 Å². The van der Waals surface area contributed by atoms with Gasteiger partial charge < -0.3 is 5.32 Å². The molecule has 0 spiro atoms. The van der Waals surface area contributed by atoms with Crippen molar-refractivity contribution >= 4 is 17.7 Å². The molecule has 1 aromatic carbocycles. The quantitative estimate of drug-likeness (QED) is 0.795. The van der Waals surface area contributed by atoms with Gasteiger partial charge in [0.2, 0.25) is 5.91 Å². The molecule has 0 saturated heterocycles. The van der Waals surface area contributed by atoms with E-state index in [0.29, 0.717) is 5.69 Å². The number of carbonyl (C=O) groups is 1. The van der Waals surface area contributed by atoms with Crippen LogP contribution in [0.2, 0.25) is 0 Å². The number of hydrogen-bond acceptors (Lipinski definition) is 2. The molecule has 0 fully saturated rings. The summed E-state index contributed by atoms with van der Waals surface area (Å²) in [5.74, 6) is -0.569. The summed E-state index contributed by atoms with van der Waals surface area (Å²) < 4.78 is 12.6. The Bertz CT molecular complexity index is 517. The van der Waals surface area contributed by atoms with Crippen LogP contribution in [0, 0.1) is 5.82 Å². The van der Waals surface area contributed by atoms with Crippen LogP contribution in [-0.4, -0.2) is 16.1 Å². The molecule has 0 aliphatic rings. The third kappa shape index (κ3) is 3.27. The van der Waals surface area contributed by atoms with Crippen LogP contribution in [0.5, 0.6) is 0 Å². The van der Waals surface area contributed by atoms with Gasteiger partial charge in [0.25, 0.3) is 0 Å². The molecule has 4 nitrogen and oxygen atoms in total. The summed E-state index contributed by atoms with van der Waals surface area (Å²) in [7, 11) is 0. The highest BCUT2D eigenvalue weighted by Gasteiger charge is 1.97. The summed E-state index contributed by atoms with van der Waals surface area (Å²) >= 11 is 0. The predicted octanol–water partition coefficient (Wildman–Crippen LogP) is 2.20. The third-order valence-electron chi connectivity index (χ3n) is 2.06. The van der Waals surface area contributed by atoms with Crippen molar-refractivity contribution in [2.75, 3.05) is 5.32 Å². The molecule has 2 N–H and O–H groups in total. The van der Waals surface area contributed by atoms with Crippen LogP contribution in [0.15, 0.2) is 42.7 Å². The molecule has 86 valence electrons. The van der Waals surface area contributed by atoms with E-state index in [1.165, 1.54) is 24.4 Å². The first-order valence-electron chi connectivity index (χ1n) is 4.97. The van der Waals surface area contributed by atoms with E-state index in [9.17, 15) is 9.18 Å². The Balaban J connectivity index is 1.96. The topological polar surface area (TPSA) is 57.8 Å². The third-order valence-corrected chi connectivity index (χ3v) is 2.06. The lowest BCUT2D eigenvalue weighted by Gasteiger charge is -1.96. The van der Waals surface area contributed by atoms with Gasteiger partial charge in [0.05, 0.1) is 11.9 Å². The maximum absolute atomic E-state index is 12.6. The minimum Gasteiger partial charge on any atom is -0.320 e. The number of nitrogens with one attached hydrogen (secondary N) is 2. The largest absolute Gasteiger partial charge is 0.320 e. The lowest BCUT2D eigenvalue weighted by atomic mass is 10.2. The van der Waals surface area contributed by atoms with Gasteiger partial charge in [-0.25, -0.2) is 4.39 Å². The van der Waals surface area contributed by atoms with Gasteiger partial charge in [0, 0.05) is 12.3 Å². The van der Waals surface area contributed by atoms with Gasteiger partial charge in [-0.05, 0) is 23.8 Å². The number of nitrogens with zero attached hydrogens (tertiary/aromatic N) is 1. The summed E-state index contributed by atoms with van der Waals surface area (Å²) in [6.45, 7) is 0. The van der Waals surface area contributed by atoms with Gasteiger partial charge in [0.1, 0.15) is 5.82 Å². The second-order valence-corrected chi connectivity index (χ2v) is 3.36. The van der Waals surface area contributed by atoms with Crippen LogP contribution >= 0.6 is 0 Å². The summed E-state index contributed by atoms with van der Waals surface area (Å²) in [4.78, 5) is 11.4. The van der Waals surface area contributed by atoms with Gasteiger partial charge in [-0.2, -0.15) is 5.10 Å². The van der Waals surface area contributed by atoms with Crippen LogP contribution < -0.4 is 5.32 Å². The molecule has 5 heteroatoms. The first-order chi connectivity index (χ1) is 8.24. The van der Waals surface area contributed by atoms with Crippen LogP contribution in [-0.2, 0) is 4.79 Å². The standard InChI is InChI=1S/C12H10FN3O/c13-10-4-1-9(2-5-10)3-6-12(17)16-11-7-14-15-8-11/h1-8H,(H,14,15)(H,16,17)/b6-3+. The second kappa shape index (κ2) is 5.07. The lowest BCUT2D eigenvalue weighted by molar-refractivity contribution is -0.111. The van der Waals surface area contributed by atoms with E-state index in [2.05, 4.69) is 15.5 Å². The fraction of sp³-hybridized carbons (Fsp3) is 0. The number of H-pyrrole nitrogens is 1. The Morgan fingerprint density at radius 1 is 1.35 bits per heavy atom. The zero-order valence-corrected chi connectivity index (χ0v) is 8.85. The number of aromatic nitrogens is 2. The molecule has 0 radical (unpaired) electrons. The van der Waals surface area contributed by atoms with Crippen LogP contribution in [0.25, 0.3) is 6.08 Å². The molecule has 0 aliphatic heterocycles. The zero-order valence-electron chi connectivity index (χ0n) is 8.85. The van der Waals surface area contributed by atoms with Crippen LogP contribution in [0.3, 0.4) is 0 Å². The number of aromatic amines is 1. The summed E-state index contributed by atoms with van der Waals surface area (Å²) in [6, 6.07) is 5.87. The highest BCUT2D eigenvalue weighted by atomic mass is 19.1. The van der Waals surface area contributed by atoms with Crippen molar-refractivity contribution in [2.24, 2.45) is 0 Å². The molecule has 0 unspecified atom stereocenters. The predicted molar refractivity (Wildman–Crippen MR) is 62.7 cm³/mol. The zero-order chi connectivity index (χ0) is 12.1. The van der Waals surface area contributed by atoms with E-state index in [0.717, 1.165) is 5.56 Å². The summed E-state index contributed by atoms with van der Waals surface area (Å²) in [5.41, 5.74) is 1.35. The van der Waals surface area contributed by atoms with Crippen molar-refractivity contribution in [3.8, 4) is 0 Å². The van der Waals surface area contributed by atoms with Crippen molar-refractivity contribution in [1.82, 2.24) is 10.2 Å². The molecule has 2 rings (SSSR count).